The van der Waals surface area contributed by atoms with E-state index in [0.29, 0.717) is 0 Å². The Labute approximate surface area is 141 Å². The molecular weight excluding hydrogens is 310 g/mol. The van der Waals surface area contributed by atoms with Crippen LogP contribution in [0.25, 0.3) is 10.6 Å². The second kappa shape index (κ2) is 7.88. The first-order chi connectivity index (χ1) is 11.2. The largest absolute Gasteiger partial charge is 0.497 e. The molecule has 0 amide bonds. The Hall–Kier alpha value is -1.47. The lowest BCUT2D eigenvalue weighted by Crippen LogP contribution is -2.44. The van der Waals surface area contributed by atoms with E-state index in [-0.39, 0.29) is 6.10 Å². The SMILES string of the molecule is COc1cccc(-c2nc(CNC[C@H]3CN(C)CCO3)cs2)c1. The normalized spacial score (nSPS) is 19.0. The molecule has 124 valence electrons. The molecular formula is C17H23N3O2S. The highest BCUT2D eigenvalue weighted by molar-refractivity contribution is 7.13. The summed E-state index contributed by atoms with van der Waals surface area (Å²) in [7, 11) is 3.82. The third-order valence-electron chi connectivity index (χ3n) is 3.89. The average molecular weight is 333 g/mol. The van der Waals surface area contributed by atoms with Crippen molar-refractivity contribution in [2.45, 2.75) is 12.6 Å². The van der Waals surface area contributed by atoms with Crippen molar-refractivity contribution >= 4 is 11.3 Å². The molecule has 0 unspecified atom stereocenters. The molecule has 1 saturated heterocycles. The molecule has 1 N–H and O–H groups in total. The van der Waals surface area contributed by atoms with Gasteiger partial charge >= 0.3 is 0 Å². The fourth-order valence-electron chi connectivity index (χ4n) is 2.63. The lowest BCUT2D eigenvalue weighted by molar-refractivity contribution is -0.0182. The van der Waals surface area contributed by atoms with Crippen molar-refractivity contribution in [3.63, 3.8) is 0 Å². The summed E-state index contributed by atoms with van der Waals surface area (Å²) in [6, 6.07) is 8.01. The van der Waals surface area contributed by atoms with Gasteiger partial charge in [-0.2, -0.15) is 0 Å². The van der Waals surface area contributed by atoms with Crippen LogP contribution in [0.15, 0.2) is 29.6 Å². The lowest BCUT2D eigenvalue weighted by atomic mass is 10.2. The van der Waals surface area contributed by atoms with Gasteiger partial charge < -0.3 is 19.7 Å². The predicted molar refractivity (Wildman–Crippen MR) is 93.0 cm³/mol. The number of hydrogen-bond donors (Lipinski definition) is 1. The number of likely N-dealkylation sites (N-methyl/N-ethyl adjacent to an activating group) is 1. The van der Waals surface area contributed by atoms with Crippen LogP contribution in [0.4, 0.5) is 0 Å². The van der Waals surface area contributed by atoms with Crippen molar-refractivity contribution in [2.24, 2.45) is 0 Å². The predicted octanol–water partition coefficient (Wildman–Crippen LogP) is 2.24. The van der Waals surface area contributed by atoms with Crippen LogP contribution in [-0.2, 0) is 11.3 Å². The van der Waals surface area contributed by atoms with Crippen molar-refractivity contribution in [1.29, 1.82) is 0 Å². The number of ether oxygens (including phenoxy) is 2. The van der Waals surface area contributed by atoms with Gasteiger partial charge in [-0.25, -0.2) is 4.98 Å². The van der Waals surface area contributed by atoms with Gasteiger partial charge in [0.2, 0.25) is 0 Å². The van der Waals surface area contributed by atoms with Gasteiger partial charge in [-0.05, 0) is 19.2 Å². The maximum Gasteiger partial charge on any atom is 0.123 e. The standard InChI is InChI=1S/C17H23N3O2S/c1-20-6-7-22-16(11-20)10-18-9-14-12-23-17(19-14)13-4-3-5-15(8-13)21-2/h3-5,8,12,16,18H,6-7,9-11H2,1-2H3/t16-/m0/s1. The van der Waals surface area contributed by atoms with Crippen molar-refractivity contribution in [3.05, 3.63) is 35.3 Å². The molecule has 1 aliphatic rings. The molecule has 23 heavy (non-hydrogen) atoms. The molecule has 5 nitrogen and oxygen atoms in total. The van der Waals surface area contributed by atoms with Gasteiger partial charge in [0.1, 0.15) is 10.8 Å². The first-order valence-corrected chi connectivity index (χ1v) is 8.72. The Morgan fingerprint density at radius 3 is 3.22 bits per heavy atom. The van der Waals surface area contributed by atoms with Crippen LogP contribution >= 0.6 is 11.3 Å². The summed E-state index contributed by atoms with van der Waals surface area (Å²) in [6.07, 6.45) is 0.269. The minimum atomic E-state index is 0.269. The zero-order chi connectivity index (χ0) is 16.1. The third-order valence-corrected chi connectivity index (χ3v) is 4.83. The Balaban J connectivity index is 1.53. The van der Waals surface area contributed by atoms with E-state index in [1.807, 2.05) is 18.2 Å². The quantitative estimate of drug-likeness (QED) is 0.878. The number of thiazole rings is 1. The highest BCUT2D eigenvalue weighted by Gasteiger charge is 2.17. The van der Waals surface area contributed by atoms with Crippen LogP contribution in [0.3, 0.4) is 0 Å². The van der Waals surface area contributed by atoms with Crippen molar-refractivity contribution in [1.82, 2.24) is 15.2 Å². The molecule has 0 aliphatic carbocycles. The molecule has 2 heterocycles. The van der Waals surface area contributed by atoms with E-state index in [1.165, 1.54) is 0 Å². The first kappa shape index (κ1) is 16.4. The average Bonchev–Trinajstić information content (AvgIpc) is 3.04. The molecule has 2 aromatic rings. The molecule has 1 aromatic heterocycles. The summed E-state index contributed by atoms with van der Waals surface area (Å²) in [4.78, 5) is 7.01. The second-order valence-electron chi connectivity index (χ2n) is 5.76. The second-order valence-corrected chi connectivity index (χ2v) is 6.62. The molecule has 1 aliphatic heterocycles. The number of morpholine rings is 1. The number of nitrogens with zero attached hydrogens (tertiary/aromatic N) is 2. The monoisotopic (exact) mass is 333 g/mol. The molecule has 0 radical (unpaired) electrons. The number of methoxy groups -OCH3 is 1. The number of benzene rings is 1. The molecule has 0 spiro atoms. The summed E-state index contributed by atoms with van der Waals surface area (Å²) in [5.41, 5.74) is 2.16. The molecule has 1 atom stereocenters. The molecule has 0 bridgehead atoms. The van der Waals surface area contributed by atoms with Gasteiger partial charge in [0, 0.05) is 37.1 Å². The Bertz CT molecular complexity index is 632. The smallest absolute Gasteiger partial charge is 0.123 e. The van der Waals surface area contributed by atoms with Crippen LogP contribution in [-0.4, -0.2) is 56.4 Å². The van der Waals surface area contributed by atoms with Gasteiger partial charge in [-0.3, -0.25) is 0 Å². The fraction of sp³-hybridized carbons (Fsp3) is 0.471. The van der Waals surface area contributed by atoms with Gasteiger partial charge in [0.05, 0.1) is 25.5 Å². The molecule has 1 aromatic carbocycles. The molecule has 1 fully saturated rings. The molecule has 3 rings (SSSR count). The van der Waals surface area contributed by atoms with E-state index in [0.717, 1.165) is 54.8 Å². The van der Waals surface area contributed by atoms with E-state index >= 15 is 0 Å². The Kier molecular flexibility index (Phi) is 5.61. The third kappa shape index (κ3) is 4.51. The zero-order valence-corrected chi connectivity index (χ0v) is 14.4. The van der Waals surface area contributed by atoms with Crippen LogP contribution in [0.1, 0.15) is 5.69 Å². The molecule has 0 saturated carbocycles. The topological polar surface area (TPSA) is 46.6 Å². The lowest BCUT2D eigenvalue weighted by Gasteiger charge is -2.30. The van der Waals surface area contributed by atoms with Gasteiger partial charge in [0.25, 0.3) is 0 Å². The number of rotatable bonds is 6. The number of aromatic nitrogens is 1. The van der Waals surface area contributed by atoms with E-state index in [9.17, 15) is 0 Å². The summed E-state index contributed by atoms with van der Waals surface area (Å²) >= 11 is 1.66. The van der Waals surface area contributed by atoms with Gasteiger partial charge in [-0.1, -0.05) is 12.1 Å². The summed E-state index contributed by atoms with van der Waals surface area (Å²) in [5, 5.41) is 6.58. The van der Waals surface area contributed by atoms with Crippen LogP contribution in [0, 0.1) is 0 Å². The summed E-state index contributed by atoms with van der Waals surface area (Å²) < 4.78 is 11.0. The minimum absolute atomic E-state index is 0.269. The Morgan fingerprint density at radius 2 is 2.39 bits per heavy atom. The zero-order valence-electron chi connectivity index (χ0n) is 13.6. The van der Waals surface area contributed by atoms with Crippen LogP contribution in [0.5, 0.6) is 5.75 Å². The van der Waals surface area contributed by atoms with E-state index in [1.54, 1.807) is 18.4 Å². The number of nitrogens with one attached hydrogen (secondary N) is 1. The van der Waals surface area contributed by atoms with E-state index < -0.39 is 0 Å². The van der Waals surface area contributed by atoms with Crippen molar-refractivity contribution in [2.75, 3.05) is 40.4 Å². The highest BCUT2D eigenvalue weighted by atomic mass is 32.1. The fourth-order valence-corrected chi connectivity index (χ4v) is 3.45. The van der Waals surface area contributed by atoms with E-state index in [2.05, 4.69) is 28.7 Å². The Morgan fingerprint density at radius 1 is 1.48 bits per heavy atom. The minimum Gasteiger partial charge on any atom is -0.497 e. The summed E-state index contributed by atoms with van der Waals surface area (Å²) in [5.74, 6) is 0.857. The molecule has 6 heteroatoms. The number of hydrogen-bond acceptors (Lipinski definition) is 6. The summed E-state index contributed by atoms with van der Waals surface area (Å²) in [6.45, 7) is 4.45. The maximum atomic E-state index is 5.75. The van der Waals surface area contributed by atoms with Crippen molar-refractivity contribution < 1.29 is 9.47 Å². The first-order valence-electron chi connectivity index (χ1n) is 7.84. The van der Waals surface area contributed by atoms with Gasteiger partial charge in [-0.15, -0.1) is 11.3 Å². The van der Waals surface area contributed by atoms with Crippen LogP contribution in [0.2, 0.25) is 0 Å². The maximum absolute atomic E-state index is 5.75. The van der Waals surface area contributed by atoms with Gasteiger partial charge in [0.15, 0.2) is 0 Å². The highest BCUT2D eigenvalue weighted by Crippen LogP contribution is 2.26. The van der Waals surface area contributed by atoms with E-state index in [4.69, 9.17) is 14.5 Å². The van der Waals surface area contributed by atoms with Crippen LogP contribution < -0.4 is 10.1 Å². The van der Waals surface area contributed by atoms with Crippen molar-refractivity contribution in [3.8, 4) is 16.3 Å².